The lowest BCUT2D eigenvalue weighted by atomic mass is 9.94. The first-order valence-corrected chi connectivity index (χ1v) is 7.81. The first-order valence-electron chi connectivity index (χ1n) is 6.99. The summed E-state index contributed by atoms with van der Waals surface area (Å²) < 4.78 is 37.1. The van der Waals surface area contributed by atoms with E-state index in [1.165, 1.54) is 12.5 Å². The van der Waals surface area contributed by atoms with Crippen molar-refractivity contribution in [2.24, 2.45) is 11.7 Å². The second-order valence-electron chi connectivity index (χ2n) is 5.00. The lowest BCUT2D eigenvalue weighted by molar-refractivity contribution is -0.0328. The third kappa shape index (κ3) is 7.20. The van der Waals surface area contributed by atoms with E-state index in [2.05, 4.69) is 6.92 Å². The number of nitrogens with two attached hydrogens (primary N) is 1. The highest BCUT2D eigenvalue weighted by atomic mass is 32.2. The zero-order chi connectivity index (χ0) is 15.0. The zero-order valence-corrected chi connectivity index (χ0v) is 12.6. The van der Waals surface area contributed by atoms with Crippen LogP contribution in [0.4, 0.5) is 13.2 Å². The van der Waals surface area contributed by atoms with Gasteiger partial charge >= 0.3 is 5.51 Å². The van der Waals surface area contributed by atoms with E-state index < -0.39 is 5.51 Å². The minimum absolute atomic E-state index is 0.0602. The molecule has 0 radical (unpaired) electrons. The number of thioether (sulfide) groups is 1. The normalized spacial score (nSPS) is 13.4. The molecule has 1 atom stereocenters. The van der Waals surface area contributed by atoms with Crippen molar-refractivity contribution < 1.29 is 13.2 Å². The number of hydrogen-bond acceptors (Lipinski definition) is 2. The summed E-state index contributed by atoms with van der Waals surface area (Å²) in [6.07, 6.45) is 5.28. The van der Waals surface area contributed by atoms with Crippen LogP contribution in [-0.4, -0.2) is 12.1 Å². The van der Waals surface area contributed by atoms with E-state index in [9.17, 15) is 13.2 Å². The highest BCUT2D eigenvalue weighted by Gasteiger charge is 2.29. The standard InChI is InChI=1S/C15H22F3NS/c1-2-3-4-6-13(11-19)9-12-7-5-8-14(10-12)20-15(16,17)18/h5,7-8,10,13H,2-4,6,9,11,19H2,1H3. The number of rotatable bonds is 8. The molecule has 1 aromatic carbocycles. The molecule has 0 heterocycles. The third-order valence-corrected chi connectivity index (χ3v) is 3.93. The first-order chi connectivity index (χ1) is 9.44. The van der Waals surface area contributed by atoms with Gasteiger partial charge in [0.05, 0.1) is 0 Å². The number of benzene rings is 1. The Morgan fingerprint density at radius 1 is 1.25 bits per heavy atom. The van der Waals surface area contributed by atoms with E-state index in [1.54, 1.807) is 12.1 Å². The molecule has 1 rings (SSSR count). The van der Waals surface area contributed by atoms with Gasteiger partial charge < -0.3 is 5.73 Å². The van der Waals surface area contributed by atoms with Crippen LogP contribution in [0.1, 0.15) is 38.2 Å². The van der Waals surface area contributed by atoms with E-state index >= 15 is 0 Å². The molecular weight excluding hydrogens is 283 g/mol. The van der Waals surface area contributed by atoms with E-state index in [0.29, 0.717) is 12.5 Å². The smallest absolute Gasteiger partial charge is 0.330 e. The Morgan fingerprint density at radius 3 is 2.60 bits per heavy atom. The molecule has 20 heavy (non-hydrogen) atoms. The van der Waals surface area contributed by atoms with Crippen molar-refractivity contribution >= 4 is 11.8 Å². The van der Waals surface area contributed by atoms with Crippen LogP contribution < -0.4 is 5.73 Å². The average molecular weight is 305 g/mol. The van der Waals surface area contributed by atoms with Gasteiger partial charge in [0, 0.05) is 4.90 Å². The fourth-order valence-electron chi connectivity index (χ4n) is 2.19. The molecule has 0 aliphatic heterocycles. The van der Waals surface area contributed by atoms with E-state index in [4.69, 9.17) is 5.73 Å². The number of hydrogen-bond donors (Lipinski definition) is 1. The summed E-state index contributed by atoms with van der Waals surface area (Å²) in [4.78, 5) is 0.249. The van der Waals surface area contributed by atoms with Gasteiger partial charge in [-0.1, -0.05) is 38.3 Å². The van der Waals surface area contributed by atoms with Gasteiger partial charge in [-0.25, -0.2) is 0 Å². The van der Waals surface area contributed by atoms with Gasteiger partial charge in [0.2, 0.25) is 0 Å². The Morgan fingerprint density at radius 2 is 2.00 bits per heavy atom. The highest BCUT2D eigenvalue weighted by Crippen LogP contribution is 2.37. The van der Waals surface area contributed by atoms with Crippen molar-refractivity contribution in [1.82, 2.24) is 0 Å². The molecule has 0 saturated carbocycles. The highest BCUT2D eigenvalue weighted by molar-refractivity contribution is 8.00. The summed E-state index contributed by atoms with van der Waals surface area (Å²) in [6, 6.07) is 6.68. The molecule has 114 valence electrons. The predicted octanol–water partition coefficient (Wildman–Crippen LogP) is 5.00. The zero-order valence-electron chi connectivity index (χ0n) is 11.7. The molecular formula is C15H22F3NS. The van der Waals surface area contributed by atoms with Gasteiger partial charge in [-0.3, -0.25) is 0 Å². The maximum Gasteiger partial charge on any atom is 0.446 e. The molecule has 1 unspecified atom stereocenters. The fraction of sp³-hybridized carbons (Fsp3) is 0.600. The molecule has 0 amide bonds. The summed E-state index contributed by atoms with van der Waals surface area (Å²) in [5.74, 6) is 0.354. The molecule has 0 aromatic heterocycles. The van der Waals surface area contributed by atoms with Crippen LogP contribution in [0.2, 0.25) is 0 Å². The van der Waals surface area contributed by atoms with Crippen molar-refractivity contribution in [3.63, 3.8) is 0 Å². The van der Waals surface area contributed by atoms with Crippen molar-refractivity contribution in [2.45, 2.75) is 49.4 Å². The Balaban J connectivity index is 2.59. The lowest BCUT2D eigenvalue weighted by Gasteiger charge is -2.15. The summed E-state index contributed by atoms with van der Waals surface area (Å²) >= 11 is -0.0602. The van der Waals surface area contributed by atoms with Crippen LogP contribution in [0.25, 0.3) is 0 Å². The van der Waals surface area contributed by atoms with E-state index in [1.807, 2.05) is 6.07 Å². The number of unbranched alkanes of at least 4 members (excludes halogenated alkanes) is 2. The van der Waals surface area contributed by atoms with Crippen LogP contribution in [0.5, 0.6) is 0 Å². The van der Waals surface area contributed by atoms with Crippen LogP contribution in [-0.2, 0) is 6.42 Å². The summed E-state index contributed by atoms with van der Waals surface area (Å²) in [5.41, 5.74) is 2.46. The molecule has 0 bridgehead atoms. The Hall–Kier alpha value is -0.680. The number of alkyl halides is 3. The quantitative estimate of drug-likeness (QED) is 0.540. The molecule has 0 spiro atoms. The van der Waals surface area contributed by atoms with Gasteiger partial charge in [-0.2, -0.15) is 13.2 Å². The molecule has 0 fully saturated rings. The Kier molecular flexibility index (Phi) is 7.45. The van der Waals surface area contributed by atoms with Crippen molar-refractivity contribution in [1.29, 1.82) is 0 Å². The molecule has 0 aliphatic rings. The molecule has 1 nitrogen and oxygen atoms in total. The lowest BCUT2D eigenvalue weighted by Crippen LogP contribution is -2.17. The monoisotopic (exact) mass is 305 g/mol. The topological polar surface area (TPSA) is 26.0 Å². The van der Waals surface area contributed by atoms with Gasteiger partial charge in [0.25, 0.3) is 0 Å². The Labute approximate surface area is 123 Å². The molecule has 2 N–H and O–H groups in total. The average Bonchev–Trinajstić information content (AvgIpc) is 2.36. The maximum absolute atomic E-state index is 12.4. The molecule has 5 heteroatoms. The van der Waals surface area contributed by atoms with Crippen molar-refractivity contribution in [3.8, 4) is 0 Å². The van der Waals surface area contributed by atoms with E-state index in [0.717, 1.165) is 31.2 Å². The summed E-state index contributed by atoms with van der Waals surface area (Å²) in [5, 5.41) is 0. The molecule has 0 aliphatic carbocycles. The van der Waals surface area contributed by atoms with Crippen LogP contribution in [0.3, 0.4) is 0 Å². The van der Waals surface area contributed by atoms with E-state index in [-0.39, 0.29) is 16.7 Å². The fourth-order valence-corrected chi connectivity index (χ4v) is 2.81. The third-order valence-electron chi connectivity index (χ3n) is 3.21. The van der Waals surface area contributed by atoms with Crippen molar-refractivity contribution in [2.75, 3.05) is 6.54 Å². The minimum Gasteiger partial charge on any atom is -0.330 e. The predicted molar refractivity (Wildman–Crippen MR) is 78.7 cm³/mol. The van der Waals surface area contributed by atoms with Crippen LogP contribution in [0.15, 0.2) is 29.2 Å². The van der Waals surface area contributed by atoms with Crippen LogP contribution in [0, 0.1) is 5.92 Å². The van der Waals surface area contributed by atoms with Crippen molar-refractivity contribution in [3.05, 3.63) is 29.8 Å². The van der Waals surface area contributed by atoms with Crippen LogP contribution >= 0.6 is 11.8 Å². The minimum atomic E-state index is -4.23. The maximum atomic E-state index is 12.4. The second-order valence-corrected chi connectivity index (χ2v) is 6.14. The first kappa shape index (κ1) is 17.4. The summed E-state index contributed by atoms with van der Waals surface area (Å²) in [6.45, 7) is 2.73. The van der Waals surface area contributed by atoms with Gasteiger partial charge in [-0.05, 0) is 54.8 Å². The second kappa shape index (κ2) is 8.57. The largest absolute Gasteiger partial charge is 0.446 e. The van der Waals surface area contributed by atoms with Gasteiger partial charge in [0.15, 0.2) is 0 Å². The molecule has 1 aromatic rings. The van der Waals surface area contributed by atoms with Gasteiger partial charge in [0.1, 0.15) is 0 Å². The SMILES string of the molecule is CCCCCC(CN)Cc1cccc(SC(F)(F)F)c1. The summed E-state index contributed by atoms with van der Waals surface area (Å²) in [7, 11) is 0. The Bertz CT molecular complexity index is 393. The molecule has 0 saturated heterocycles. The number of halogens is 3. The van der Waals surface area contributed by atoms with Gasteiger partial charge in [-0.15, -0.1) is 0 Å².